The van der Waals surface area contributed by atoms with Crippen molar-refractivity contribution in [3.05, 3.63) is 0 Å². The first kappa shape index (κ1) is 10.9. The molecule has 2 saturated carbocycles. The summed E-state index contributed by atoms with van der Waals surface area (Å²) in [6.45, 7) is 1.05. The maximum Gasteiger partial charge on any atom is 0.328 e. The van der Waals surface area contributed by atoms with Crippen LogP contribution in [0.4, 0.5) is 0 Å². The van der Waals surface area contributed by atoms with Gasteiger partial charge < -0.3 is 15.2 Å². The molecule has 2 aliphatic rings. The molecule has 15 heavy (non-hydrogen) atoms. The summed E-state index contributed by atoms with van der Waals surface area (Å²) in [6, 6.07) is 0. The van der Waals surface area contributed by atoms with Crippen molar-refractivity contribution in [1.82, 2.24) is 0 Å². The van der Waals surface area contributed by atoms with Gasteiger partial charge in [-0.1, -0.05) is 0 Å². The van der Waals surface area contributed by atoms with Crippen molar-refractivity contribution in [2.75, 3.05) is 20.3 Å². The monoisotopic (exact) mass is 213 g/mol. The minimum absolute atomic E-state index is 0.254. The van der Waals surface area contributed by atoms with Crippen molar-refractivity contribution in [2.45, 2.75) is 31.2 Å². The van der Waals surface area contributed by atoms with Crippen LogP contribution in [0, 0.1) is 11.8 Å². The Morgan fingerprint density at radius 3 is 2.53 bits per heavy atom. The number of carbonyl (C=O) groups excluding carboxylic acids is 1. The van der Waals surface area contributed by atoms with Crippen LogP contribution in [0.5, 0.6) is 0 Å². The molecule has 2 rings (SSSR count). The van der Waals surface area contributed by atoms with Crippen LogP contribution in [0.1, 0.15) is 25.7 Å². The number of carbonyl (C=O) groups is 1. The average molecular weight is 213 g/mol. The number of ether oxygens (including phenoxy) is 2. The molecular weight excluding hydrogens is 194 g/mol. The zero-order valence-corrected chi connectivity index (χ0v) is 9.20. The van der Waals surface area contributed by atoms with Crippen LogP contribution in [-0.4, -0.2) is 31.8 Å². The number of nitrogens with two attached hydrogens (primary N) is 1. The predicted octanol–water partition coefficient (Wildman–Crippen LogP) is 0.693. The molecule has 0 bridgehead atoms. The smallest absolute Gasteiger partial charge is 0.328 e. The van der Waals surface area contributed by atoms with Crippen LogP contribution in [0.2, 0.25) is 0 Å². The van der Waals surface area contributed by atoms with Crippen LogP contribution < -0.4 is 5.73 Å². The lowest BCUT2D eigenvalue weighted by Gasteiger charge is -2.26. The second-order valence-corrected chi connectivity index (χ2v) is 4.76. The van der Waals surface area contributed by atoms with Gasteiger partial charge in [0.25, 0.3) is 0 Å². The molecule has 0 aromatic rings. The normalized spacial score (nSPS) is 24.7. The molecule has 1 atom stereocenters. The fourth-order valence-electron chi connectivity index (χ4n) is 1.81. The van der Waals surface area contributed by atoms with Gasteiger partial charge in [0.1, 0.15) is 5.54 Å². The summed E-state index contributed by atoms with van der Waals surface area (Å²) >= 11 is 0. The predicted molar refractivity (Wildman–Crippen MR) is 55.2 cm³/mol. The Morgan fingerprint density at radius 2 is 2.07 bits per heavy atom. The van der Waals surface area contributed by atoms with E-state index in [2.05, 4.69) is 0 Å². The lowest BCUT2D eigenvalue weighted by Crippen LogP contribution is -2.54. The molecule has 2 aliphatic carbocycles. The van der Waals surface area contributed by atoms with Gasteiger partial charge in [-0.15, -0.1) is 0 Å². The Bertz CT molecular complexity index is 248. The van der Waals surface area contributed by atoms with E-state index in [0.717, 1.165) is 19.4 Å². The zero-order chi connectivity index (χ0) is 10.9. The minimum Gasteiger partial charge on any atom is -0.468 e. The van der Waals surface area contributed by atoms with E-state index < -0.39 is 5.54 Å². The third-order valence-electron chi connectivity index (χ3n) is 3.26. The minimum atomic E-state index is -0.899. The lowest BCUT2D eigenvalue weighted by atomic mass is 9.96. The molecule has 2 fully saturated rings. The lowest BCUT2D eigenvalue weighted by molar-refractivity contribution is -0.150. The fraction of sp³-hybridized carbons (Fsp3) is 0.909. The van der Waals surface area contributed by atoms with Crippen LogP contribution in [-0.2, 0) is 14.3 Å². The zero-order valence-electron chi connectivity index (χ0n) is 9.20. The summed E-state index contributed by atoms with van der Waals surface area (Å²) in [4.78, 5) is 11.6. The van der Waals surface area contributed by atoms with Gasteiger partial charge >= 0.3 is 5.97 Å². The molecule has 0 aliphatic heterocycles. The highest BCUT2D eigenvalue weighted by Crippen LogP contribution is 2.39. The van der Waals surface area contributed by atoms with Gasteiger partial charge in [0.05, 0.1) is 13.7 Å². The highest BCUT2D eigenvalue weighted by Gasteiger charge is 2.49. The van der Waals surface area contributed by atoms with Crippen molar-refractivity contribution in [2.24, 2.45) is 17.6 Å². The van der Waals surface area contributed by atoms with E-state index >= 15 is 0 Å². The van der Waals surface area contributed by atoms with Gasteiger partial charge in [-0.3, -0.25) is 0 Å². The first-order valence-electron chi connectivity index (χ1n) is 5.62. The molecule has 0 radical (unpaired) electrons. The molecule has 2 N–H and O–H groups in total. The SMILES string of the molecule is COC(=O)C(N)(COCC1CC1)C1CC1. The molecule has 86 valence electrons. The molecule has 0 spiro atoms. The van der Waals surface area contributed by atoms with E-state index in [-0.39, 0.29) is 11.9 Å². The Morgan fingerprint density at radius 1 is 1.40 bits per heavy atom. The number of rotatable bonds is 6. The first-order valence-corrected chi connectivity index (χ1v) is 5.62. The van der Waals surface area contributed by atoms with Crippen LogP contribution in [0.3, 0.4) is 0 Å². The van der Waals surface area contributed by atoms with Crippen molar-refractivity contribution >= 4 is 5.97 Å². The number of methoxy groups -OCH3 is 1. The molecule has 4 nitrogen and oxygen atoms in total. The maximum atomic E-state index is 11.6. The topological polar surface area (TPSA) is 61.5 Å². The molecule has 4 heteroatoms. The summed E-state index contributed by atoms with van der Waals surface area (Å²) < 4.78 is 10.3. The standard InChI is InChI=1S/C11H19NO3/c1-14-10(13)11(12,9-4-5-9)7-15-6-8-2-3-8/h8-9H,2-7,12H2,1H3. The Hall–Kier alpha value is -0.610. The average Bonchev–Trinajstić information content (AvgIpc) is 3.04. The molecule has 0 saturated heterocycles. The largest absolute Gasteiger partial charge is 0.468 e. The van der Waals surface area contributed by atoms with Crippen LogP contribution >= 0.6 is 0 Å². The summed E-state index contributed by atoms with van der Waals surface area (Å²) in [6.07, 6.45) is 4.52. The van der Waals surface area contributed by atoms with Crippen LogP contribution in [0.15, 0.2) is 0 Å². The van der Waals surface area contributed by atoms with E-state index in [0.29, 0.717) is 12.5 Å². The van der Waals surface area contributed by atoms with Gasteiger partial charge in [-0.2, -0.15) is 0 Å². The Balaban J connectivity index is 1.83. The quantitative estimate of drug-likeness (QED) is 0.659. The number of hydrogen-bond acceptors (Lipinski definition) is 4. The Kier molecular flexibility index (Phi) is 2.98. The maximum absolute atomic E-state index is 11.6. The molecule has 0 aromatic carbocycles. The summed E-state index contributed by atoms with van der Waals surface area (Å²) in [5, 5.41) is 0. The number of hydrogen-bond donors (Lipinski definition) is 1. The van der Waals surface area contributed by atoms with E-state index in [9.17, 15) is 4.79 Å². The van der Waals surface area contributed by atoms with Crippen molar-refractivity contribution < 1.29 is 14.3 Å². The second-order valence-electron chi connectivity index (χ2n) is 4.76. The molecule has 0 amide bonds. The molecule has 1 unspecified atom stereocenters. The van der Waals surface area contributed by atoms with Crippen molar-refractivity contribution in [1.29, 1.82) is 0 Å². The summed E-state index contributed by atoms with van der Waals surface area (Å²) in [5.74, 6) is 0.621. The van der Waals surface area contributed by atoms with Gasteiger partial charge in [0, 0.05) is 6.61 Å². The first-order chi connectivity index (χ1) is 7.16. The molecule has 0 aromatic heterocycles. The van der Waals surface area contributed by atoms with Crippen LogP contribution in [0.25, 0.3) is 0 Å². The van der Waals surface area contributed by atoms with Crippen molar-refractivity contribution in [3.63, 3.8) is 0 Å². The fourth-order valence-corrected chi connectivity index (χ4v) is 1.81. The highest BCUT2D eigenvalue weighted by atomic mass is 16.5. The molecule has 0 heterocycles. The van der Waals surface area contributed by atoms with E-state index in [1.807, 2.05) is 0 Å². The van der Waals surface area contributed by atoms with Gasteiger partial charge in [-0.25, -0.2) is 4.79 Å². The van der Waals surface area contributed by atoms with Gasteiger partial charge in [-0.05, 0) is 37.5 Å². The highest BCUT2D eigenvalue weighted by molar-refractivity contribution is 5.81. The third kappa shape index (κ3) is 2.49. The molecular formula is C11H19NO3. The second kappa shape index (κ2) is 4.10. The van der Waals surface area contributed by atoms with E-state index in [1.54, 1.807) is 0 Å². The summed E-state index contributed by atoms with van der Waals surface area (Å²) in [5.41, 5.74) is 5.17. The van der Waals surface area contributed by atoms with Crippen molar-refractivity contribution in [3.8, 4) is 0 Å². The Labute approximate surface area is 90.1 Å². The third-order valence-corrected chi connectivity index (χ3v) is 3.26. The summed E-state index contributed by atoms with van der Waals surface area (Å²) in [7, 11) is 1.38. The van der Waals surface area contributed by atoms with Gasteiger partial charge in [0.15, 0.2) is 0 Å². The number of esters is 1. The van der Waals surface area contributed by atoms with E-state index in [1.165, 1.54) is 20.0 Å². The van der Waals surface area contributed by atoms with E-state index in [4.69, 9.17) is 15.2 Å². The van der Waals surface area contributed by atoms with Gasteiger partial charge in [0.2, 0.25) is 0 Å².